The second kappa shape index (κ2) is 10.6. The number of ether oxygens (including phenoxy) is 1. The number of esters is 1. The molecule has 36 heavy (non-hydrogen) atoms. The van der Waals surface area contributed by atoms with Gasteiger partial charge in [-0.2, -0.15) is 4.31 Å². The number of nitro benzene ring substituents is 1. The number of halogens is 1. The molecule has 0 saturated heterocycles. The van der Waals surface area contributed by atoms with Gasteiger partial charge in [-0.3, -0.25) is 14.9 Å². The van der Waals surface area contributed by atoms with E-state index in [0.717, 1.165) is 22.5 Å². The van der Waals surface area contributed by atoms with Crippen LogP contribution in [-0.2, 0) is 27.8 Å². The van der Waals surface area contributed by atoms with E-state index in [4.69, 9.17) is 20.8 Å². The second-order valence-corrected chi connectivity index (χ2v) is 10.2. The van der Waals surface area contributed by atoms with Crippen LogP contribution < -0.4 is 0 Å². The number of nitrogens with zero attached hydrogens (tertiary/aromatic N) is 3. The van der Waals surface area contributed by atoms with Gasteiger partial charge in [0.2, 0.25) is 10.0 Å². The molecule has 3 rings (SSSR count). The molecule has 0 N–H and O–H groups in total. The van der Waals surface area contributed by atoms with Crippen LogP contribution in [0, 0.1) is 24.0 Å². The Hall–Kier alpha value is -3.48. The quantitative estimate of drug-likeness (QED) is 0.162. The van der Waals surface area contributed by atoms with Crippen LogP contribution in [0.15, 0.2) is 45.9 Å². The summed E-state index contributed by atoms with van der Waals surface area (Å²) in [5.74, 6) is -0.935. The number of carbonyl (C=O) groups is 2. The normalized spacial score (nSPS) is 11.6. The summed E-state index contributed by atoms with van der Waals surface area (Å²) in [5.41, 5.74) is 0.659. The Bertz CT molecular complexity index is 1430. The molecule has 3 aromatic rings. The van der Waals surface area contributed by atoms with Crippen LogP contribution in [0.5, 0.6) is 0 Å². The zero-order chi connectivity index (χ0) is 26.8. The predicted octanol–water partition coefficient (Wildman–Crippen LogP) is 4.14. The molecule has 0 spiro atoms. The number of Topliss-reactive ketones (excluding diaryl/α,β-unsaturated/α-hetero) is 1. The van der Waals surface area contributed by atoms with Crippen LogP contribution in [0.25, 0.3) is 0 Å². The highest BCUT2D eigenvalue weighted by Gasteiger charge is 2.33. The lowest BCUT2D eigenvalue weighted by Gasteiger charge is -2.21. The maximum Gasteiger partial charge on any atom is 0.354 e. The Morgan fingerprint density at radius 2 is 1.94 bits per heavy atom. The molecule has 0 saturated carbocycles. The zero-order valence-electron chi connectivity index (χ0n) is 20.0. The van der Waals surface area contributed by atoms with Gasteiger partial charge >= 0.3 is 5.97 Å². The van der Waals surface area contributed by atoms with Crippen molar-refractivity contribution in [3.8, 4) is 0 Å². The maximum absolute atomic E-state index is 13.6. The Labute approximate surface area is 212 Å². The molecule has 0 radical (unpaired) electrons. The third kappa shape index (κ3) is 5.06. The highest BCUT2D eigenvalue weighted by atomic mass is 35.5. The summed E-state index contributed by atoms with van der Waals surface area (Å²) >= 11 is 5.84. The number of sulfonamides is 1. The molecule has 0 unspecified atom stereocenters. The zero-order valence-corrected chi connectivity index (χ0v) is 21.6. The number of rotatable bonds is 10. The molecule has 0 aliphatic carbocycles. The number of ketones is 1. The largest absolute Gasteiger partial charge is 0.468 e. The summed E-state index contributed by atoms with van der Waals surface area (Å²) in [7, 11) is -3.19. The average Bonchev–Trinajstić information content (AvgIpc) is 3.43. The monoisotopic (exact) mass is 537 g/mol. The fourth-order valence-electron chi connectivity index (χ4n) is 4.04. The first-order valence-electron chi connectivity index (χ1n) is 10.7. The lowest BCUT2D eigenvalue weighted by atomic mass is 10.1. The number of furan rings is 1. The third-order valence-corrected chi connectivity index (χ3v) is 7.83. The number of benzene rings is 1. The van der Waals surface area contributed by atoms with Crippen molar-refractivity contribution in [1.29, 1.82) is 0 Å². The van der Waals surface area contributed by atoms with Crippen molar-refractivity contribution in [2.24, 2.45) is 0 Å². The van der Waals surface area contributed by atoms with Crippen LogP contribution in [0.1, 0.15) is 44.8 Å². The molecule has 0 atom stereocenters. The van der Waals surface area contributed by atoms with E-state index in [1.807, 2.05) is 0 Å². The molecule has 2 heterocycles. The summed E-state index contributed by atoms with van der Waals surface area (Å²) in [6.07, 6.45) is 1.35. The van der Waals surface area contributed by atoms with Gasteiger partial charge in [0.05, 0.1) is 36.3 Å². The summed E-state index contributed by atoms with van der Waals surface area (Å²) < 4.78 is 39.7. The Balaban J connectivity index is 2.09. The van der Waals surface area contributed by atoms with E-state index < -0.39 is 43.8 Å². The Kier molecular flexibility index (Phi) is 8.02. The SMILES string of the molecule is CCn1c(C)c(C(=O)CN(Cc2ccco2)S(=O)(=O)c2ccc(Cl)c([N+](=O)[O-])c2)c(C)c1C(=O)OC. The van der Waals surface area contributed by atoms with Gasteiger partial charge in [-0.1, -0.05) is 11.6 Å². The van der Waals surface area contributed by atoms with Crippen molar-refractivity contribution in [1.82, 2.24) is 8.87 Å². The molecule has 1 aromatic carbocycles. The molecule has 0 amide bonds. The van der Waals surface area contributed by atoms with Crippen LogP contribution in [0.4, 0.5) is 5.69 Å². The summed E-state index contributed by atoms with van der Waals surface area (Å²) in [6.45, 7) is 4.50. The predicted molar refractivity (Wildman–Crippen MR) is 130 cm³/mol. The van der Waals surface area contributed by atoms with Gasteiger partial charge in [0.1, 0.15) is 16.5 Å². The molecular weight excluding hydrogens is 514 g/mol. The molecule has 0 aliphatic rings. The molecule has 0 bridgehead atoms. The summed E-state index contributed by atoms with van der Waals surface area (Å²) in [6, 6.07) is 6.18. The average molecular weight is 538 g/mol. The van der Waals surface area contributed by atoms with E-state index >= 15 is 0 Å². The number of methoxy groups -OCH3 is 1. The number of hydrogen-bond donors (Lipinski definition) is 0. The molecule has 192 valence electrons. The van der Waals surface area contributed by atoms with E-state index in [1.165, 1.54) is 19.4 Å². The van der Waals surface area contributed by atoms with Gasteiger partial charge in [0, 0.05) is 23.9 Å². The van der Waals surface area contributed by atoms with Crippen LogP contribution in [0.3, 0.4) is 0 Å². The van der Waals surface area contributed by atoms with Crippen molar-refractivity contribution in [3.63, 3.8) is 0 Å². The minimum atomic E-state index is -4.42. The smallest absolute Gasteiger partial charge is 0.354 e. The number of aromatic nitrogens is 1. The number of carbonyl (C=O) groups excluding carboxylic acids is 2. The standard InChI is InChI=1S/C23H24ClN3O8S/c1-5-26-15(3)21(14(2)22(26)23(29)34-4)20(28)13-25(12-16-7-6-10-35-16)36(32,33)17-8-9-18(24)19(11-17)27(30)31/h6-11H,5,12-13H2,1-4H3. The minimum absolute atomic E-state index is 0.194. The molecular formula is C23H24ClN3O8S. The Morgan fingerprint density at radius 3 is 2.50 bits per heavy atom. The van der Waals surface area contributed by atoms with E-state index in [0.29, 0.717) is 17.8 Å². The fraction of sp³-hybridized carbons (Fsp3) is 0.304. The number of hydrogen-bond acceptors (Lipinski definition) is 8. The van der Waals surface area contributed by atoms with Gasteiger partial charge in [-0.15, -0.1) is 0 Å². The second-order valence-electron chi connectivity index (χ2n) is 7.82. The van der Waals surface area contributed by atoms with Crippen LogP contribution >= 0.6 is 11.6 Å². The van der Waals surface area contributed by atoms with Gasteiger partial charge in [0.25, 0.3) is 5.69 Å². The Morgan fingerprint density at radius 1 is 1.25 bits per heavy atom. The summed E-state index contributed by atoms with van der Waals surface area (Å²) in [4.78, 5) is 36.0. The van der Waals surface area contributed by atoms with Crippen molar-refractivity contribution in [3.05, 3.63) is 80.0 Å². The first-order valence-corrected chi connectivity index (χ1v) is 12.5. The van der Waals surface area contributed by atoms with Crippen molar-refractivity contribution in [2.45, 2.75) is 38.8 Å². The van der Waals surface area contributed by atoms with Gasteiger partial charge < -0.3 is 13.7 Å². The van der Waals surface area contributed by atoms with Crippen molar-refractivity contribution < 1.29 is 32.1 Å². The van der Waals surface area contributed by atoms with Crippen LogP contribution in [-0.4, -0.2) is 47.6 Å². The topological polar surface area (TPSA) is 142 Å². The molecule has 0 fully saturated rings. The first-order chi connectivity index (χ1) is 16.9. The minimum Gasteiger partial charge on any atom is -0.468 e. The van der Waals surface area contributed by atoms with E-state index in [-0.39, 0.29) is 28.6 Å². The third-order valence-electron chi connectivity index (χ3n) is 5.72. The van der Waals surface area contributed by atoms with Gasteiger partial charge in [-0.25, -0.2) is 13.2 Å². The van der Waals surface area contributed by atoms with E-state index in [9.17, 15) is 28.1 Å². The lowest BCUT2D eigenvalue weighted by molar-refractivity contribution is -0.384. The maximum atomic E-state index is 13.6. The first kappa shape index (κ1) is 27.1. The van der Waals surface area contributed by atoms with Gasteiger partial charge in [-0.05, 0) is 50.6 Å². The van der Waals surface area contributed by atoms with E-state index in [2.05, 4.69) is 0 Å². The van der Waals surface area contributed by atoms with Crippen molar-refractivity contribution >= 4 is 39.1 Å². The molecule has 13 heteroatoms. The van der Waals surface area contributed by atoms with Crippen molar-refractivity contribution in [2.75, 3.05) is 13.7 Å². The molecule has 0 aliphatic heterocycles. The fourth-order valence-corrected chi connectivity index (χ4v) is 5.61. The highest BCUT2D eigenvalue weighted by molar-refractivity contribution is 7.89. The highest BCUT2D eigenvalue weighted by Crippen LogP contribution is 2.30. The number of nitro groups is 1. The lowest BCUT2D eigenvalue weighted by Crippen LogP contribution is -2.35. The van der Waals surface area contributed by atoms with Gasteiger partial charge in [0.15, 0.2) is 5.78 Å². The van der Waals surface area contributed by atoms with Crippen LogP contribution in [0.2, 0.25) is 5.02 Å². The van der Waals surface area contributed by atoms with E-state index in [1.54, 1.807) is 31.4 Å². The molecule has 2 aromatic heterocycles. The molecule has 11 nitrogen and oxygen atoms in total. The summed E-state index contributed by atoms with van der Waals surface area (Å²) in [5, 5.41) is 11.1.